The minimum Gasteiger partial charge on any atom is -0.354 e. The zero-order valence-corrected chi connectivity index (χ0v) is 18.5. The molecule has 164 valence electrons. The van der Waals surface area contributed by atoms with Gasteiger partial charge in [0.1, 0.15) is 5.82 Å². The molecule has 3 aromatic carbocycles. The standard InChI is InChI=1S/C24H21FN2O4S/c1-24(2,14-8-10-15(11-9-14)32(3,30)31)27-23(29)17-13-21-18(12-19(17)25)22(28)16-6-4-5-7-20(16)26-21/h4-13H,1-3H3,(H,26,28)(H,27,29). The Labute approximate surface area is 184 Å². The van der Waals surface area contributed by atoms with Gasteiger partial charge in [0.05, 0.1) is 21.5 Å². The van der Waals surface area contributed by atoms with E-state index in [9.17, 15) is 22.4 Å². The number of carbonyl (C=O) groups excluding carboxylic acids is 1. The van der Waals surface area contributed by atoms with Crippen LogP contribution in [0, 0.1) is 5.82 Å². The van der Waals surface area contributed by atoms with Crippen LogP contribution in [0.3, 0.4) is 0 Å². The highest BCUT2D eigenvalue weighted by molar-refractivity contribution is 7.90. The molecule has 0 unspecified atom stereocenters. The number of aromatic nitrogens is 1. The second-order valence-electron chi connectivity index (χ2n) is 8.25. The van der Waals surface area contributed by atoms with Crippen molar-refractivity contribution in [3.63, 3.8) is 0 Å². The van der Waals surface area contributed by atoms with Gasteiger partial charge in [-0.15, -0.1) is 0 Å². The first kappa shape index (κ1) is 21.7. The quantitative estimate of drug-likeness (QED) is 0.459. The number of sulfone groups is 1. The Bertz CT molecular complexity index is 1540. The molecular weight excluding hydrogens is 431 g/mol. The van der Waals surface area contributed by atoms with Crippen LogP contribution in [0.4, 0.5) is 4.39 Å². The maximum absolute atomic E-state index is 14.8. The van der Waals surface area contributed by atoms with E-state index in [1.54, 1.807) is 50.2 Å². The van der Waals surface area contributed by atoms with E-state index in [4.69, 9.17) is 0 Å². The van der Waals surface area contributed by atoms with Crippen LogP contribution in [-0.4, -0.2) is 25.6 Å². The summed E-state index contributed by atoms with van der Waals surface area (Å²) in [6, 6.07) is 15.4. The molecule has 8 heteroatoms. The number of aromatic amines is 1. The number of carbonyl (C=O) groups is 1. The lowest BCUT2D eigenvalue weighted by atomic mass is 9.93. The zero-order valence-electron chi connectivity index (χ0n) is 17.7. The number of hydrogen-bond acceptors (Lipinski definition) is 4. The first-order chi connectivity index (χ1) is 15.0. The predicted molar refractivity (Wildman–Crippen MR) is 122 cm³/mol. The van der Waals surface area contributed by atoms with Crippen molar-refractivity contribution in [2.45, 2.75) is 24.3 Å². The van der Waals surface area contributed by atoms with Gasteiger partial charge in [0.25, 0.3) is 5.91 Å². The molecule has 1 heterocycles. The Balaban J connectivity index is 1.70. The fourth-order valence-electron chi connectivity index (χ4n) is 3.66. The molecule has 4 rings (SSSR count). The van der Waals surface area contributed by atoms with Crippen LogP contribution < -0.4 is 10.7 Å². The Kier molecular flexibility index (Phi) is 5.13. The summed E-state index contributed by atoms with van der Waals surface area (Å²) in [5, 5.41) is 3.38. The average Bonchev–Trinajstić information content (AvgIpc) is 2.73. The number of halogens is 1. The molecule has 0 aliphatic rings. The zero-order chi connectivity index (χ0) is 23.3. The number of pyridine rings is 1. The fourth-order valence-corrected chi connectivity index (χ4v) is 4.29. The molecule has 0 bridgehead atoms. The molecule has 32 heavy (non-hydrogen) atoms. The number of nitrogens with one attached hydrogen (secondary N) is 2. The van der Waals surface area contributed by atoms with E-state index in [1.165, 1.54) is 18.2 Å². The van der Waals surface area contributed by atoms with Crippen LogP contribution in [0.5, 0.6) is 0 Å². The summed E-state index contributed by atoms with van der Waals surface area (Å²) in [6.45, 7) is 3.46. The van der Waals surface area contributed by atoms with Gasteiger partial charge in [0, 0.05) is 22.5 Å². The number of amides is 1. The van der Waals surface area contributed by atoms with Crippen molar-refractivity contribution >= 4 is 37.6 Å². The SMILES string of the molecule is CC(C)(NC(=O)c1cc2[nH]c3ccccc3c(=O)c2cc1F)c1ccc(S(C)(=O)=O)cc1. The third kappa shape index (κ3) is 3.89. The minimum atomic E-state index is -3.34. The molecule has 0 saturated carbocycles. The molecular formula is C24H21FN2O4S. The van der Waals surface area contributed by atoms with Crippen molar-refractivity contribution in [3.8, 4) is 0 Å². The molecule has 0 saturated heterocycles. The van der Waals surface area contributed by atoms with E-state index < -0.39 is 27.1 Å². The third-order valence-electron chi connectivity index (χ3n) is 5.47. The summed E-state index contributed by atoms with van der Waals surface area (Å²) in [7, 11) is -3.34. The fraction of sp³-hybridized carbons (Fsp3) is 0.167. The maximum atomic E-state index is 14.8. The van der Waals surface area contributed by atoms with Gasteiger partial charge >= 0.3 is 0 Å². The van der Waals surface area contributed by atoms with Gasteiger partial charge in [0.15, 0.2) is 15.3 Å². The number of benzene rings is 3. The Morgan fingerprint density at radius 1 is 0.969 bits per heavy atom. The number of para-hydroxylation sites is 1. The molecule has 6 nitrogen and oxygen atoms in total. The minimum absolute atomic E-state index is 0.161. The molecule has 4 aromatic rings. The summed E-state index contributed by atoms with van der Waals surface area (Å²) >= 11 is 0. The highest BCUT2D eigenvalue weighted by atomic mass is 32.2. The first-order valence-corrected chi connectivity index (χ1v) is 11.7. The van der Waals surface area contributed by atoms with E-state index in [1.807, 2.05) is 0 Å². The van der Waals surface area contributed by atoms with Crippen LogP contribution in [-0.2, 0) is 15.4 Å². The summed E-state index contributed by atoms with van der Waals surface area (Å²) in [5.41, 5.74) is 0.171. The Hall–Kier alpha value is -3.52. The van der Waals surface area contributed by atoms with Crippen molar-refractivity contribution in [2.24, 2.45) is 0 Å². The van der Waals surface area contributed by atoms with Gasteiger partial charge in [-0.3, -0.25) is 9.59 Å². The molecule has 0 aliphatic carbocycles. The lowest BCUT2D eigenvalue weighted by molar-refractivity contribution is 0.0908. The second kappa shape index (κ2) is 7.56. The van der Waals surface area contributed by atoms with Gasteiger partial charge < -0.3 is 10.3 Å². The van der Waals surface area contributed by atoms with Crippen molar-refractivity contribution < 1.29 is 17.6 Å². The van der Waals surface area contributed by atoms with E-state index in [0.29, 0.717) is 22.0 Å². The van der Waals surface area contributed by atoms with Crippen LogP contribution in [0.25, 0.3) is 21.8 Å². The topological polar surface area (TPSA) is 96.1 Å². The van der Waals surface area contributed by atoms with Crippen molar-refractivity contribution in [1.29, 1.82) is 0 Å². The van der Waals surface area contributed by atoms with E-state index in [2.05, 4.69) is 10.3 Å². The van der Waals surface area contributed by atoms with Gasteiger partial charge in [0.2, 0.25) is 0 Å². The second-order valence-corrected chi connectivity index (χ2v) is 10.3. The molecule has 1 aromatic heterocycles. The molecule has 0 fully saturated rings. The van der Waals surface area contributed by atoms with Crippen LogP contribution in [0.15, 0.2) is 70.4 Å². The Morgan fingerprint density at radius 2 is 1.62 bits per heavy atom. The molecule has 0 spiro atoms. The van der Waals surface area contributed by atoms with Crippen molar-refractivity contribution in [2.75, 3.05) is 6.26 Å². The van der Waals surface area contributed by atoms with Crippen molar-refractivity contribution in [1.82, 2.24) is 10.3 Å². The molecule has 0 radical (unpaired) electrons. The monoisotopic (exact) mass is 452 g/mol. The molecule has 1 amide bonds. The summed E-state index contributed by atoms with van der Waals surface area (Å²) < 4.78 is 38.2. The predicted octanol–water partition coefficient (Wildman–Crippen LogP) is 3.89. The number of hydrogen-bond donors (Lipinski definition) is 2. The number of fused-ring (bicyclic) bond motifs is 2. The number of rotatable bonds is 4. The van der Waals surface area contributed by atoms with Gasteiger partial charge in [-0.25, -0.2) is 12.8 Å². The highest BCUT2D eigenvalue weighted by Crippen LogP contribution is 2.24. The van der Waals surface area contributed by atoms with Crippen LogP contribution >= 0.6 is 0 Å². The number of H-pyrrole nitrogens is 1. The largest absolute Gasteiger partial charge is 0.354 e. The normalized spacial score (nSPS) is 12.2. The van der Waals surface area contributed by atoms with Gasteiger partial charge in [-0.05, 0) is 55.8 Å². The molecule has 0 aliphatic heterocycles. The third-order valence-corrected chi connectivity index (χ3v) is 6.60. The Morgan fingerprint density at radius 3 is 2.28 bits per heavy atom. The molecule has 0 atom stereocenters. The highest BCUT2D eigenvalue weighted by Gasteiger charge is 2.26. The van der Waals surface area contributed by atoms with Gasteiger partial charge in [-0.1, -0.05) is 24.3 Å². The van der Waals surface area contributed by atoms with E-state index in [-0.39, 0.29) is 21.3 Å². The first-order valence-electron chi connectivity index (χ1n) is 9.85. The average molecular weight is 453 g/mol. The molecule has 2 N–H and O–H groups in total. The van der Waals surface area contributed by atoms with Crippen molar-refractivity contribution in [3.05, 3.63) is 87.8 Å². The van der Waals surface area contributed by atoms with Crippen LogP contribution in [0.1, 0.15) is 29.8 Å². The van der Waals surface area contributed by atoms with Gasteiger partial charge in [-0.2, -0.15) is 0 Å². The summed E-state index contributed by atoms with van der Waals surface area (Å²) in [5.74, 6) is -1.46. The smallest absolute Gasteiger partial charge is 0.255 e. The summed E-state index contributed by atoms with van der Waals surface area (Å²) in [6.07, 6.45) is 1.12. The lowest BCUT2D eigenvalue weighted by Crippen LogP contribution is -2.41. The van der Waals surface area contributed by atoms with E-state index >= 15 is 0 Å². The van der Waals surface area contributed by atoms with E-state index in [0.717, 1.165) is 12.3 Å². The maximum Gasteiger partial charge on any atom is 0.255 e. The summed E-state index contributed by atoms with van der Waals surface area (Å²) in [4.78, 5) is 28.9. The van der Waals surface area contributed by atoms with Crippen LogP contribution in [0.2, 0.25) is 0 Å². The lowest BCUT2D eigenvalue weighted by Gasteiger charge is -2.27.